The molecule has 4 rings (SSSR count). The number of oxime groups is 1. The minimum Gasteiger partial charge on any atom is -0.399 e. The normalized spacial score (nSPS) is 12.7. The Hall–Kier alpha value is -3.28. The van der Waals surface area contributed by atoms with E-state index in [9.17, 15) is 21.6 Å². The predicted molar refractivity (Wildman–Crippen MR) is 127 cm³/mol. The van der Waals surface area contributed by atoms with Gasteiger partial charge < -0.3 is 9.82 Å². The van der Waals surface area contributed by atoms with Crippen molar-refractivity contribution in [1.82, 2.24) is 9.97 Å². The number of alkyl halides is 3. The van der Waals surface area contributed by atoms with Crippen LogP contribution in [0.1, 0.15) is 16.7 Å². The van der Waals surface area contributed by atoms with E-state index < -0.39 is 31.7 Å². The molecule has 7 nitrogen and oxygen atoms in total. The first kappa shape index (κ1) is 24.8. The average molecular weight is 543 g/mol. The van der Waals surface area contributed by atoms with E-state index in [-0.39, 0.29) is 22.0 Å². The number of H-pyrrole nitrogens is 1. The summed E-state index contributed by atoms with van der Waals surface area (Å²) in [6, 6.07) is 10.1. The molecule has 35 heavy (non-hydrogen) atoms. The van der Waals surface area contributed by atoms with E-state index in [0.29, 0.717) is 22.7 Å². The van der Waals surface area contributed by atoms with Crippen LogP contribution in [0.2, 0.25) is 10.0 Å². The van der Waals surface area contributed by atoms with Crippen molar-refractivity contribution in [1.29, 1.82) is 0 Å². The molecule has 2 aromatic heterocycles. The Kier molecular flexibility index (Phi) is 6.67. The van der Waals surface area contributed by atoms with E-state index in [0.717, 1.165) is 12.1 Å². The molecular weight excluding hydrogens is 528 g/mol. The zero-order chi connectivity index (χ0) is 25.4. The highest BCUT2D eigenvalue weighted by Gasteiger charge is 2.34. The molecule has 0 spiro atoms. The number of hydrogen-bond acceptors (Lipinski definition) is 5. The molecule has 0 bridgehead atoms. The third-order valence-electron chi connectivity index (χ3n) is 4.93. The van der Waals surface area contributed by atoms with Crippen molar-refractivity contribution in [3.8, 4) is 0 Å². The summed E-state index contributed by atoms with van der Waals surface area (Å²) in [7, 11) is -3.17. The Morgan fingerprint density at radius 1 is 1.09 bits per heavy atom. The molecule has 0 aliphatic rings. The van der Waals surface area contributed by atoms with Crippen LogP contribution < -0.4 is 4.72 Å². The molecule has 2 heterocycles. The average Bonchev–Trinajstić information content (AvgIpc) is 3.26. The number of benzene rings is 2. The van der Waals surface area contributed by atoms with Crippen molar-refractivity contribution in [3.05, 3.63) is 87.7 Å². The lowest BCUT2D eigenvalue weighted by molar-refractivity contribution is -0.137. The summed E-state index contributed by atoms with van der Waals surface area (Å²) in [6.45, 7) is 0. The third kappa shape index (κ3) is 5.07. The van der Waals surface area contributed by atoms with Gasteiger partial charge in [-0.1, -0.05) is 28.4 Å². The fraction of sp³-hybridized carbons (Fsp3) is 0.0909. The summed E-state index contributed by atoms with van der Waals surface area (Å²) < 4.78 is 68.4. The standard InChI is InChI=1S/C22H15Cl2F3N4O3S/c1-34-30-20(14-6-8-28-21-15(14)7-9-29-21)16-4-2-12(23)10-19(16)31-35(32,33)13-3-5-18(24)17(11-13)22(25,26)27/h2-11,31H,1H3,(H,28,29)/b30-20+. The molecule has 0 aliphatic carbocycles. The molecule has 0 amide bonds. The second kappa shape index (κ2) is 9.40. The molecule has 0 unspecified atom stereocenters. The molecule has 0 aliphatic heterocycles. The second-order valence-corrected chi connectivity index (χ2v) is 9.68. The summed E-state index contributed by atoms with van der Waals surface area (Å²) in [5, 5.41) is 4.31. The van der Waals surface area contributed by atoms with Gasteiger partial charge in [0.15, 0.2) is 0 Å². The van der Waals surface area contributed by atoms with Crippen LogP contribution in [0.25, 0.3) is 11.0 Å². The van der Waals surface area contributed by atoms with Gasteiger partial charge in [0.2, 0.25) is 0 Å². The zero-order valence-electron chi connectivity index (χ0n) is 17.7. The summed E-state index contributed by atoms with van der Waals surface area (Å²) in [4.78, 5) is 11.6. The van der Waals surface area contributed by atoms with Gasteiger partial charge in [0.25, 0.3) is 10.0 Å². The lowest BCUT2D eigenvalue weighted by atomic mass is 9.99. The first-order valence-electron chi connectivity index (χ1n) is 9.74. The van der Waals surface area contributed by atoms with Crippen LogP contribution in [-0.2, 0) is 21.0 Å². The molecule has 182 valence electrons. The number of hydrogen-bond donors (Lipinski definition) is 2. The largest absolute Gasteiger partial charge is 0.417 e. The number of anilines is 1. The first-order valence-corrected chi connectivity index (χ1v) is 12.0. The second-order valence-electron chi connectivity index (χ2n) is 7.16. The van der Waals surface area contributed by atoms with Crippen LogP contribution in [-0.4, -0.2) is 31.2 Å². The van der Waals surface area contributed by atoms with Gasteiger partial charge in [-0.15, -0.1) is 0 Å². The van der Waals surface area contributed by atoms with Crippen LogP contribution >= 0.6 is 23.2 Å². The number of nitrogens with one attached hydrogen (secondary N) is 2. The van der Waals surface area contributed by atoms with E-state index in [1.54, 1.807) is 18.3 Å². The van der Waals surface area contributed by atoms with Gasteiger partial charge >= 0.3 is 6.18 Å². The molecule has 0 fully saturated rings. The fourth-order valence-electron chi connectivity index (χ4n) is 3.40. The van der Waals surface area contributed by atoms with E-state index in [2.05, 4.69) is 19.8 Å². The molecule has 0 radical (unpaired) electrons. The number of sulfonamides is 1. The Balaban J connectivity index is 1.84. The zero-order valence-corrected chi connectivity index (χ0v) is 20.0. The lowest BCUT2D eigenvalue weighted by Crippen LogP contribution is -2.18. The van der Waals surface area contributed by atoms with Crippen molar-refractivity contribution in [2.45, 2.75) is 11.1 Å². The Labute approximate surface area is 207 Å². The number of aromatic nitrogens is 2. The number of aromatic amines is 1. The maximum atomic E-state index is 13.3. The maximum Gasteiger partial charge on any atom is 0.417 e. The molecular formula is C22H15Cl2F3N4O3S. The van der Waals surface area contributed by atoms with Crippen molar-refractivity contribution in [2.75, 3.05) is 11.8 Å². The fourth-order valence-corrected chi connectivity index (χ4v) is 4.90. The summed E-state index contributed by atoms with van der Waals surface area (Å²) in [5.41, 5.74) is 0.313. The smallest absolute Gasteiger partial charge is 0.399 e. The van der Waals surface area contributed by atoms with Crippen molar-refractivity contribution in [3.63, 3.8) is 0 Å². The van der Waals surface area contributed by atoms with E-state index in [4.69, 9.17) is 28.0 Å². The van der Waals surface area contributed by atoms with E-state index >= 15 is 0 Å². The van der Waals surface area contributed by atoms with Crippen LogP contribution in [0.4, 0.5) is 18.9 Å². The Morgan fingerprint density at radius 3 is 2.57 bits per heavy atom. The van der Waals surface area contributed by atoms with Crippen molar-refractivity contribution >= 4 is 55.7 Å². The highest BCUT2D eigenvalue weighted by atomic mass is 35.5. The van der Waals surface area contributed by atoms with Gasteiger partial charge in [-0.3, -0.25) is 4.72 Å². The number of nitrogens with zero attached hydrogens (tertiary/aromatic N) is 2. The van der Waals surface area contributed by atoms with Gasteiger partial charge in [-0.2, -0.15) is 13.2 Å². The minimum atomic E-state index is -4.84. The Bertz CT molecular complexity index is 1550. The highest BCUT2D eigenvalue weighted by molar-refractivity contribution is 7.92. The number of fused-ring (bicyclic) bond motifs is 1. The van der Waals surface area contributed by atoms with Crippen LogP contribution in [0.5, 0.6) is 0 Å². The van der Waals surface area contributed by atoms with Gasteiger partial charge in [-0.25, -0.2) is 13.4 Å². The lowest BCUT2D eigenvalue weighted by Gasteiger charge is -2.16. The number of halogens is 5. The molecule has 2 aromatic carbocycles. The highest BCUT2D eigenvalue weighted by Crippen LogP contribution is 2.36. The van der Waals surface area contributed by atoms with E-state index in [1.807, 2.05) is 0 Å². The molecule has 0 saturated heterocycles. The molecule has 0 saturated carbocycles. The third-order valence-corrected chi connectivity index (χ3v) is 6.86. The first-order chi connectivity index (χ1) is 16.5. The Morgan fingerprint density at radius 2 is 1.86 bits per heavy atom. The topological polar surface area (TPSA) is 96.4 Å². The SMILES string of the molecule is CO/N=C(/c1ccc(Cl)cc1NS(=O)(=O)c1ccc(Cl)c(C(F)(F)F)c1)c1ccnc2[nH]ccc12. The summed E-state index contributed by atoms with van der Waals surface area (Å²) in [6.07, 6.45) is -1.63. The van der Waals surface area contributed by atoms with Crippen molar-refractivity contribution < 1.29 is 26.4 Å². The van der Waals surface area contributed by atoms with Gasteiger partial charge in [0, 0.05) is 33.9 Å². The molecule has 0 atom stereocenters. The van der Waals surface area contributed by atoms with Gasteiger partial charge in [-0.05, 0) is 48.5 Å². The predicted octanol–water partition coefficient (Wildman–Crippen LogP) is 6.09. The van der Waals surface area contributed by atoms with Crippen LogP contribution in [0.15, 0.2) is 71.0 Å². The van der Waals surface area contributed by atoms with E-state index in [1.165, 1.54) is 31.5 Å². The van der Waals surface area contributed by atoms with Gasteiger partial charge in [0.05, 0.1) is 21.2 Å². The molecule has 4 aromatic rings. The maximum absolute atomic E-state index is 13.3. The van der Waals surface area contributed by atoms with Crippen molar-refractivity contribution in [2.24, 2.45) is 5.16 Å². The molecule has 13 heteroatoms. The summed E-state index contributed by atoms with van der Waals surface area (Å²) >= 11 is 11.7. The summed E-state index contributed by atoms with van der Waals surface area (Å²) in [5.74, 6) is 0. The molecule has 2 N–H and O–H groups in total. The monoisotopic (exact) mass is 542 g/mol. The van der Waals surface area contributed by atoms with Crippen LogP contribution in [0.3, 0.4) is 0 Å². The number of rotatable bonds is 6. The quantitative estimate of drug-likeness (QED) is 0.227. The minimum absolute atomic E-state index is 0.0303. The van der Waals surface area contributed by atoms with Gasteiger partial charge in [0.1, 0.15) is 18.5 Å². The number of pyridine rings is 1. The van der Waals surface area contributed by atoms with Crippen LogP contribution in [0, 0.1) is 0 Å².